The van der Waals surface area contributed by atoms with Crippen molar-refractivity contribution >= 4 is 29.1 Å². The van der Waals surface area contributed by atoms with Gasteiger partial charge in [0, 0.05) is 18.8 Å². The molecule has 22 heavy (non-hydrogen) atoms. The molecule has 1 aromatic carbocycles. The van der Waals surface area contributed by atoms with Gasteiger partial charge in [0.1, 0.15) is 5.15 Å². The molecule has 1 heterocycles. The molecular formula is C17H18Cl2N2O. The molecule has 0 N–H and O–H groups in total. The van der Waals surface area contributed by atoms with Gasteiger partial charge in [-0.25, -0.2) is 4.98 Å². The summed E-state index contributed by atoms with van der Waals surface area (Å²) in [5.41, 5.74) is 1.54. The Labute approximate surface area is 140 Å². The maximum atomic E-state index is 12.8. The largest absolute Gasteiger partial charge is 0.332 e. The van der Waals surface area contributed by atoms with Crippen LogP contribution < -0.4 is 0 Å². The van der Waals surface area contributed by atoms with Crippen LogP contribution in [0.15, 0.2) is 42.6 Å². The van der Waals surface area contributed by atoms with Gasteiger partial charge in [-0.15, -0.1) is 0 Å². The number of carbonyl (C=O) groups is 1. The van der Waals surface area contributed by atoms with Crippen molar-refractivity contribution in [3.05, 3.63) is 63.9 Å². The quantitative estimate of drug-likeness (QED) is 0.732. The van der Waals surface area contributed by atoms with E-state index in [1.54, 1.807) is 6.07 Å². The fraction of sp³-hybridized carbons (Fsp3) is 0.294. The van der Waals surface area contributed by atoms with E-state index >= 15 is 0 Å². The van der Waals surface area contributed by atoms with Crippen molar-refractivity contribution < 1.29 is 4.79 Å². The molecule has 0 saturated carbocycles. The minimum atomic E-state index is -0.0933. The van der Waals surface area contributed by atoms with Gasteiger partial charge in [0.2, 0.25) is 0 Å². The Morgan fingerprint density at radius 3 is 2.55 bits per heavy atom. The normalized spacial score (nSPS) is 12.0. The molecule has 5 heteroatoms. The second-order valence-electron chi connectivity index (χ2n) is 5.17. The highest BCUT2D eigenvalue weighted by atomic mass is 35.5. The Morgan fingerprint density at radius 2 is 1.95 bits per heavy atom. The Bertz CT molecular complexity index is 646. The van der Waals surface area contributed by atoms with Gasteiger partial charge in [-0.05, 0) is 25.0 Å². The molecule has 0 fully saturated rings. The molecule has 0 radical (unpaired) electrons. The van der Waals surface area contributed by atoms with Crippen LogP contribution >= 0.6 is 23.2 Å². The number of benzene rings is 1. The molecular weight excluding hydrogens is 319 g/mol. The highest BCUT2D eigenvalue weighted by molar-refractivity contribution is 6.41. The number of amides is 1. The van der Waals surface area contributed by atoms with Crippen LogP contribution in [0.4, 0.5) is 0 Å². The van der Waals surface area contributed by atoms with E-state index in [1.165, 1.54) is 6.20 Å². The van der Waals surface area contributed by atoms with Crippen LogP contribution in [0, 0.1) is 0 Å². The molecule has 1 unspecified atom stereocenters. The summed E-state index contributed by atoms with van der Waals surface area (Å²) in [4.78, 5) is 18.6. The summed E-state index contributed by atoms with van der Waals surface area (Å²) in [6, 6.07) is 11.6. The van der Waals surface area contributed by atoms with Crippen LogP contribution in [0.2, 0.25) is 10.2 Å². The van der Waals surface area contributed by atoms with E-state index in [2.05, 4.69) is 11.9 Å². The first-order valence-electron chi connectivity index (χ1n) is 7.18. The van der Waals surface area contributed by atoms with Gasteiger partial charge in [-0.1, -0.05) is 60.5 Å². The highest BCUT2D eigenvalue weighted by Crippen LogP contribution is 2.22. The number of nitrogens with zero attached hydrogens (tertiary/aromatic N) is 2. The molecule has 0 bridgehead atoms. The van der Waals surface area contributed by atoms with Crippen molar-refractivity contribution in [3.63, 3.8) is 0 Å². The maximum absolute atomic E-state index is 12.8. The summed E-state index contributed by atoms with van der Waals surface area (Å²) < 4.78 is 0. The van der Waals surface area contributed by atoms with E-state index in [0.717, 1.165) is 12.0 Å². The summed E-state index contributed by atoms with van der Waals surface area (Å²) in [6.45, 7) is 4.64. The minimum Gasteiger partial charge on any atom is -0.332 e. The van der Waals surface area contributed by atoms with Crippen molar-refractivity contribution in [1.29, 1.82) is 0 Å². The number of halogens is 2. The van der Waals surface area contributed by atoms with Gasteiger partial charge in [0.15, 0.2) is 0 Å². The molecule has 0 aliphatic rings. The summed E-state index contributed by atoms with van der Waals surface area (Å²) in [5, 5.41) is 0.493. The molecule has 0 aliphatic carbocycles. The first kappa shape index (κ1) is 16.8. The lowest BCUT2D eigenvalue weighted by molar-refractivity contribution is 0.0671. The predicted molar refractivity (Wildman–Crippen MR) is 90.3 cm³/mol. The van der Waals surface area contributed by atoms with Crippen LogP contribution in [0.25, 0.3) is 0 Å². The second-order valence-corrected chi connectivity index (χ2v) is 5.94. The van der Waals surface area contributed by atoms with E-state index in [1.807, 2.05) is 42.2 Å². The van der Waals surface area contributed by atoms with Gasteiger partial charge < -0.3 is 4.90 Å². The maximum Gasteiger partial charge on any atom is 0.256 e. The third-order valence-corrected chi connectivity index (χ3v) is 4.31. The number of hydrogen-bond acceptors (Lipinski definition) is 2. The fourth-order valence-electron chi connectivity index (χ4n) is 2.13. The van der Waals surface area contributed by atoms with Crippen molar-refractivity contribution in [2.75, 3.05) is 0 Å². The summed E-state index contributed by atoms with van der Waals surface area (Å²) in [6.07, 6.45) is 2.34. The van der Waals surface area contributed by atoms with Gasteiger partial charge in [0.05, 0.1) is 10.6 Å². The number of carbonyl (C=O) groups excluding carboxylic acids is 1. The zero-order chi connectivity index (χ0) is 16.1. The van der Waals surface area contributed by atoms with Gasteiger partial charge in [0.25, 0.3) is 5.91 Å². The molecule has 0 spiro atoms. The van der Waals surface area contributed by atoms with Crippen LogP contribution in [-0.2, 0) is 6.54 Å². The molecule has 1 amide bonds. The van der Waals surface area contributed by atoms with Crippen LogP contribution in [-0.4, -0.2) is 21.8 Å². The Balaban J connectivity index is 2.28. The molecule has 2 rings (SSSR count). The SMILES string of the molecule is CCC(C)N(Cc1ccccc1)C(=O)c1cnc(Cl)c(Cl)c1. The topological polar surface area (TPSA) is 33.2 Å². The monoisotopic (exact) mass is 336 g/mol. The molecule has 3 nitrogen and oxygen atoms in total. The number of aromatic nitrogens is 1. The van der Waals surface area contributed by atoms with Gasteiger partial charge in [-0.2, -0.15) is 0 Å². The molecule has 1 atom stereocenters. The lowest BCUT2D eigenvalue weighted by Gasteiger charge is -2.29. The van der Waals surface area contributed by atoms with Gasteiger partial charge in [-0.3, -0.25) is 4.79 Å². The third-order valence-electron chi connectivity index (χ3n) is 3.62. The van der Waals surface area contributed by atoms with E-state index in [-0.39, 0.29) is 22.1 Å². The van der Waals surface area contributed by atoms with Crippen molar-refractivity contribution in [2.45, 2.75) is 32.9 Å². The fourth-order valence-corrected chi connectivity index (χ4v) is 2.40. The average molecular weight is 337 g/mol. The number of pyridine rings is 1. The predicted octanol–water partition coefficient (Wildman–Crippen LogP) is 4.83. The Hall–Kier alpha value is -1.58. The molecule has 0 aliphatic heterocycles. The smallest absolute Gasteiger partial charge is 0.256 e. The van der Waals surface area contributed by atoms with E-state index < -0.39 is 0 Å². The Kier molecular flexibility index (Phi) is 5.81. The Morgan fingerprint density at radius 1 is 1.27 bits per heavy atom. The van der Waals surface area contributed by atoms with Gasteiger partial charge >= 0.3 is 0 Å². The zero-order valence-corrected chi connectivity index (χ0v) is 14.1. The number of rotatable bonds is 5. The van der Waals surface area contributed by atoms with Crippen LogP contribution in [0.3, 0.4) is 0 Å². The minimum absolute atomic E-state index is 0.0933. The van der Waals surface area contributed by atoms with Crippen molar-refractivity contribution in [1.82, 2.24) is 9.88 Å². The molecule has 116 valence electrons. The lowest BCUT2D eigenvalue weighted by atomic mass is 10.1. The zero-order valence-electron chi connectivity index (χ0n) is 12.6. The molecule has 0 saturated heterocycles. The summed E-state index contributed by atoms with van der Waals surface area (Å²) in [5.74, 6) is -0.0933. The molecule has 1 aromatic heterocycles. The third kappa shape index (κ3) is 3.99. The van der Waals surface area contributed by atoms with Crippen LogP contribution in [0.1, 0.15) is 36.2 Å². The average Bonchev–Trinajstić information content (AvgIpc) is 2.55. The van der Waals surface area contributed by atoms with E-state index in [9.17, 15) is 4.79 Å². The lowest BCUT2D eigenvalue weighted by Crippen LogP contribution is -2.37. The van der Waals surface area contributed by atoms with Crippen LogP contribution in [0.5, 0.6) is 0 Å². The highest BCUT2D eigenvalue weighted by Gasteiger charge is 2.21. The van der Waals surface area contributed by atoms with Crippen molar-refractivity contribution in [2.24, 2.45) is 0 Å². The molecule has 2 aromatic rings. The first-order chi connectivity index (χ1) is 10.5. The van der Waals surface area contributed by atoms with E-state index in [4.69, 9.17) is 23.2 Å². The summed E-state index contributed by atoms with van der Waals surface area (Å²) in [7, 11) is 0. The second kappa shape index (κ2) is 7.61. The van der Waals surface area contributed by atoms with Crippen molar-refractivity contribution in [3.8, 4) is 0 Å². The number of hydrogen-bond donors (Lipinski definition) is 0. The summed E-state index contributed by atoms with van der Waals surface area (Å²) >= 11 is 11.8. The van der Waals surface area contributed by atoms with E-state index in [0.29, 0.717) is 12.1 Å². The standard InChI is InChI=1S/C17H18Cl2N2O/c1-3-12(2)21(11-13-7-5-4-6-8-13)17(22)14-9-15(18)16(19)20-10-14/h4-10,12H,3,11H2,1-2H3. The first-order valence-corrected chi connectivity index (χ1v) is 7.94.